The predicted molar refractivity (Wildman–Crippen MR) is 105 cm³/mol. The summed E-state index contributed by atoms with van der Waals surface area (Å²) >= 11 is 0. The lowest BCUT2D eigenvalue weighted by molar-refractivity contribution is -0.125. The molecular weight excluding hydrogens is 380 g/mol. The average Bonchev–Trinajstić information content (AvgIpc) is 3.13. The Balaban J connectivity index is 1.61. The lowest BCUT2D eigenvalue weighted by Gasteiger charge is -2.18. The molecule has 1 saturated heterocycles. The largest absolute Gasteiger partial charge is 0.376 e. The van der Waals surface area contributed by atoms with Crippen molar-refractivity contribution in [3.05, 3.63) is 60.2 Å². The Kier molecular flexibility index (Phi) is 5.96. The van der Waals surface area contributed by atoms with Crippen LogP contribution in [0.5, 0.6) is 0 Å². The van der Waals surface area contributed by atoms with E-state index in [0.29, 0.717) is 18.8 Å². The van der Waals surface area contributed by atoms with Crippen molar-refractivity contribution in [3.8, 4) is 0 Å². The lowest BCUT2D eigenvalue weighted by Crippen LogP contribution is -2.38. The van der Waals surface area contributed by atoms with Gasteiger partial charge in [-0.15, -0.1) is 0 Å². The number of imide groups is 1. The molecular formula is C19H22N4O4S. The molecule has 1 aliphatic rings. The van der Waals surface area contributed by atoms with Gasteiger partial charge in [0.1, 0.15) is 0 Å². The van der Waals surface area contributed by atoms with Gasteiger partial charge in [-0.2, -0.15) is 4.31 Å². The first kappa shape index (κ1) is 19.8. The molecule has 0 radical (unpaired) electrons. The number of amides is 3. The molecule has 0 atom stereocenters. The van der Waals surface area contributed by atoms with E-state index in [1.165, 1.54) is 23.5 Å². The summed E-state index contributed by atoms with van der Waals surface area (Å²) in [6.45, 7) is 1.03. The van der Waals surface area contributed by atoms with Crippen molar-refractivity contribution in [2.24, 2.45) is 0 Å². The van der Waals surface area contributed by atoms with Crippen LogP contribution in [0, 0.1) is 0 Å². The summed E-state index contributed by atoms with van der Waals surface area (Å²) in [5.74, 6) is -0.339. The van der Waals surface area contributed by atoms with Gasteiger partial charge in [0.15, 0.2) is 0 Å². The first-order valence-corrected chi connectivity index (χ1v) is 10.2. The fourth-order valence-corrected chi connectivity index (χ4v) is 3.99. The van der Waals surface area contributed by atoms with Crippen molar-refractivity contribution < 1.29 is 18.0 Å². The van der Waals surface area contributed by atoms with Gasteiger partial charge in [-0.05, 0) is 29.8 Å². The van der Waals surface area contributed by atoms with Crippen LogP contribution < -0.4 is 10.6 Å². The molecule has 9 heteroatoms. The number of carbonyl (C=O) groups is 2. The lowest BCUT2D eigenvalue weighted by atomic mass is 10.2. The number of anilines is 1. The number of sulfonamides is 1. The first-order chi connectivity index (χ1) is 13.4. The Morgan fingerprint density at radius 1 is 1.14 bits per heavy atom. The number of nitrogens with one attached hydrogen (secondary N) is 2. The maximum Gasteiger partial charge on any atom is 0.324 e. The van der Waals surface area contributed by atoms with Crippen LogP contribution in [0.2, 0.25) is 0 Å². The normalized spacial score (nSPS) is 14.2. The molecule has 148 valence electrons. The van der Waals surface area contributed by atoms with Gasteiger partial charge in [0, 0.05) is 32.4 Å². The average molecular weight is 402 g/mol. The van der Waals surface area contributed by atoms with Crippen molar-refractivity contribution >= 4 is 27.6 Å². The second-order valence-corrected chi connectivity index (χ2v) is 8.45. The zero-order valence-electron chi connectivity index (χ0n) is 15.5. The van der Waals surface area contributed by atoms with Gasteiger partial charge in [0.25, 0.3) is 0 Å². The quantitative estimate of drug-likeness (QED) is 0.731. The highest BCUT2D eigenvalue weighted by Crippen LogP contribution is 2.19. The predicted octanol–water partition coefficient (Wildman–Crippen LogP) is 1.47. The molecule has 1 heterocycles. The van der Waals surface area contributed by atoms with Gasteiger partial charge >= 0.3 is 6.03 Å². The zero-order valence-corrected chi connectivity index (χ0v) is 16.3. The van der Waals surface area contributed by atoms with Gasteiger partial charge in [0.2, 0.25) is 15.9 Å². The van der Waals surface area contributed by atoms with Gasteiger partial charge in [-0.25, -0.2) is 13.2 Å². The smallest absolute Gasteiger partial charge is 0.324 e. The molecule has 3 rings (SSSR count). The number of benzene rings is 2. The van der Waals surface area contributed by atoms with Gasteiger partial charge in [-0.1, -0.05) is 30.3 Å². The van der Waals surface area contributed by atoms with Gasteiger partial charge < -0.3 is 10.6 Å². The number of rotatable bonds is 7. The molecule has 0 bridgehead atoms. The van der Waals surface area contributed by atoms with Crippen LogP contribution in [0.15, 0.2) is 59.5 Å². The Bertz CT molecular complexity index is 946. The molecule has 2 N–H and O–H groups in total. The van der Waals surface area contributed by atoms with Crippen molar-refractivity contribution in [3.63, 3.8) is 0 Å². The summed E-state index contributed by atoms with van der Waals surface area (Å²) in [4.78, 5) is 24.8. The van der Waals surface area contributed by atoms with Crippen LogP contribution in [-0.2, 0) is 21.4 Å². The maximum atomic E-state index is 12.7. The Morgan fingerprint density at radius 3 is 2.43 bits per heavy atom. The summed E-state index contributed by atoms with van der Waals surface area (Å²) in [6, 6.07) is 15.1. The van der Waals surface area contributed by atoms with E-state index < -0.39 is 16.1 Å². The third kappa shape index (κ3) is 4.49. The third-order valence-electron chi connectivity index (χ3n) is 4.41. The minimum absolute atomic E-state index is 0.0482. The maximum absolute atomic E-state index is 12.7. The first-order valence-electron chi connectivity index (χ1n) is 8.80. The van der Waals surface area contributed by atoms with Crippen LogP contribution in [0.25, 0.3) is 0 Å². The fourth-order valence-electron chi connectivity index (χ4n) is 2.83. The summed E-state index contributed by atoms with van der Waals surface area (Å²) in [5.41, 5.74) is 1.49. The van der Waals surface area contributed by atoms with Crippen LogP contribution >= 0.6 is 0 Å². The van der Waals surface area contributed by atoms with Crippen molar-refractivity contribution in [2.45, 2.75) is 11.4 Å². The summed E-state index contributed by atoms with van der Waals surface area (Å²) in [6.07, 6.45) is 0. The molecule has 1 fully saturated rings. The van der Waals surface area contributed by atoms with Crippen molar-refractivity contribution in [1.82, 2.24) is 14.5 Å². The van der Waals surface area contributed by atoms with E-state index in [-0.39, 0.29) is 23.9 Å². The molecule has 1 aliphatic heterocycles. The van der Waals surface area contributed by atoms with E-state index in [0.717, 1.165) is 10.5 Å². The van der Waals surface area contributed by atoms with E-state index in [4.69, 9.17) is 0 Å². The molecule has 28 heavy (non-hydrogen) atoms. The minimum atomic E-state index is -3.63. The van der Waals surface area contributed by atoms with E-state index in [2.05, 4.69) is 10.6 Å². The monoisotopic (exact) mass is 402 g/mol. The topological polar surface area (TPSA) is 98.8 Å². The number of hydrogen-bond acceptors (Lipinski definition) is 5. The molecule has 0 saturated carbocycles. The Labute approximate surface area is 164 Å². The molecule has 8 nitrogen and oxygen atoms in total. The second-order valence-electron chi connectivity index (χ2n) is 6.40. The van der Waals surface area contributed by atoms with Crippen molar-refractivity contribution in [1.29, 1.82) is 0 Å². The highest BCUT2D eigenvalue weighted by Gasteiger charge is 2.25. The number of nitrogens with zero attached hydrogens (tertiary/aromatic N) is 2. The standard InChI is InChI=1S/C19H22N4O4S/c1-22(14-15-5-3-2-4-6-15)28(26,27)17-9-7-16(8-10-17)21-13-18(24)23-12-11-20-19(23)25/h2-10,21H,11-14H2,1H3,(H,20,25). The van der Waals surface area contributed by atoms with Crippen molar-refractivity contribution in [2.75, 3.05) is 32.0 Å². The van der Waals surface area contributed by atoms with Crippen LogP contribution in [0.4, 0.5) is 10.5 Å². The Morgan fingerprint density at radius 2 is 1.82 bits per heavy atom. The molecule has 0 spiro atoms. The van der Waals surface area contributed by atoms with Crippen LogP contribution in [0.1, 0.15) is 5.56 Å². The highest BCUT2D eigenvalue weighted by atomic mass is 32.2. The second kappa shape index (κ2) is 8.41. The molecule has 2 aromatic rings. The van der Waals surface area contributed by atoms with Crippen LogP contribution in [0.3, 0.4) is 0 Å². The van der Waals surface area contributed by atoms with Gasteiger partial charge in [-0.3, -0.25) is 9.69 Å². The summed E-state index contributed by atoms with van der Waals surface area (Å²) in [5, 5.41) is 5.48. The molecule has 3 amide bonds. The number of carbonyl (C=O) groups excluding carboxylic acids is 2. The highest BCUT2D eigenvalue weighted by molar-refractivity contribution is 7.89. The summed E-state index contributed by atoms with van der Waals surface area (Å²) in [7, 11) is -2.09. The van der Waals surface area contributed by atoms with E-state index in [1.807, 2.05) is 30.3 Å². The SMILES string of the molecule is CN(Cc1ccccc1)S(=O)(=O)c1ccc(NCC(=O)N2CCNC2=O)cc1. The minimum Gasteiger partial charge on any atom is -0.376 e. The zero-order chi connectivity index (χ0) is 20.1. The van der Waals surface area contributed by atoms with E-state index >= 15 is 0 Å². The number of hydrogen-bond donors (Lipinski definition) is 2. The molecule has 0 unspecified atom stereocenters. The molecule has 0 aromatic heterocycles. The van der Waals surface area contributed by atoms with Gasteiger partial charge in [0.05, 0.1) is 11.4 Å². The molecule has 2 aromatic carbocycles. The summed E-state index contributed by atoms with van der Waals surface area (Å²) < 4.78 is 26.7. The third-order valence-corrected chi connectivity index (χ3v) is 6.23. The van der Waals surface area contributed by atoms with E-state index in [9.17, 15) is 18.0 Å². The fraction of sp³-hybridized carbons (Fsp3) is 0.263. The van der Waals surface area contributed by atoms with Crippen LogP contribution in [-0.4, -0.2) is 56.2 Å². The molecule has 0 aliphatic carbocycles. The Hall–Kier alpha value is -2.91. The number of urea groups is 1. The van der Waals surface area contributed by atoms with E-state index in [1.54, 1.807) is 12.1 Å².